The number of unbranched alkanes of at least 4 members (excludes halogenated alkanes) is 1. The Labute approximate surface area is 99.2 Å². The minimum Gasteiger partial charge on any atom is -0.398 e. The van der Waals surface area contributed by atoms with Crippen molar-refractivity contribution in [1.29, 1.82) is 0 Å². The minimum absolute atomic E-state index is 0.569. The van der Waals surface area contributed by atoms with Gasteiger partial charge < -0.3 is 11.1 Å². The highest BCUT2D eigenvalue weighted by Gasteiger charge is 2.03. The average Bonchev–Trinajstić information content (AvgIpc) is 2.27. The van der Waals surface area contributed by atoms with Crippen molar-refractivity contribution in [3.63, 3.8) is 0 Å². The quantitative estimate of drug-likeness (QED) is 0.722. The maximum Gasteiger partial charge on any atom is 0.0359 e. The summed E-state index contributed by atoms with van der Waals surface area (Å²) in [4.78, 5) is 0. The van der Waals surface area contributed by atoms with Gasteiger partial charge in [-0.3, -0.25) is 0 Å². The maximum absolute atomic E-state index is 5.94. The Morgan fingerprint density at radius 1 is 1.38 bits per heavy atom. The first-order valence-electron chi connectivity index (χ1n) is 6.22. The molecule has 0 aliphatic heterocycles. The number of benzene rings is 1. The van der Waals surface area contributed by atoms with Gasteiger partial charge in [-0.25, -0.2) is 0 Å². The van der Waals surface area contributed by atoms with Gasteiger partial charge in [0.05, 0.1) is 0 Å². The van der Waals surface area contributed by atoms with Gasteiger partial charge in [-0.1, -0.05) is 37.5 Å². The second kappa shape index (κ2) is 6.54. The second-order valence-electron chi connectivity index (χ2n) is 4.63. The highest BCUT2D eigenvalue weighted by Crippen LogP contribution is 2.13. The highest BCUT2D eigenvalue weighted by atomic mass is 14.9. The first-order valence-corrected chi connectivity index (χ1v) is 6.22. The Morgan fingerprint density at radius 2 is 2.12 bits per heavy atom. The van der Waals surface area contributed by atoms with Crippen molar-refractivity contribution in [2.24, 2.45) is 0 Å². The molecule has 1 aromatic carbocycles. The maximum atomic E-state index is 5.94. The zero-order valence-corrected chi connectivity index (χ0v) is 10.7. The second-order valence-corrected chi connectivity index (χ2v) is 4.63. The Bertz CT molecular complexity index is 321. The van der Waals surface area contributed by atoms with E-state index >= 15 is 0 Å². The van der Waals surface area contributed by atoms with Crippen molar-refractivity contribution >= 4 is 5.69 Å². The molecule has 0 aliphatic rings. The predicted molar refractivity (Wildman–Crippen MR) is 71.4 cm³/mol. The van der Waals surface area contributed by atoms with Gasteiger partial charge in [-0.2, -0.15) is 0 Å². The summed E-state index contributed by atoms with van der Waals surface area (Å²) in [5, 5.41) is 3.52. The van der Waals surface area contributed by atoms with Gasteiger partial charge in [0.1, 0.15) is 0 Å². The van der Waals surface area contributed by atoms with Crippen molar-refractivity contribution in [2.75, 3.05) is 5.73 Å². The lowest BCUT2D eigenvalue weighted by Gasteiger charge is -2.14. The monoisotopic (exact) mass is 220 g/mol. The summed E-state index contributed by atoms with van der Waals surface area (Å²) < 4.78 is 0. The number of nitrogens with two attached hydrogens (primary N) is 1. The molecular weight excluding hydrogens is 196 g/mol. The third kappa shape index (κ3) is 4.23. The lowest BCUT2D eigenvalue weighted by atomic mass is 10.1. The molecular formula is C14H24N2. The van der Waals surface area contributed by atoms with E-state index in [1.807, 2.05) is 6.07 Å². The molecule has 1 rings (SSSR count). The molecule has 0 aromatic heterocycles. The van der Waals surface area contributed by atoms with Crippen LogP contribution in [0.15, 0.2) is 18.2 Å². The molecule has 1 unspecified atom stereocenters. The highest BCUT2D eigenvalue weighted by molar-refractivity contribution is 5.48. The van der Waals surface area contributed by atoms with E-state index in [9.17, 15) is 0 Å². The van der Waals surface area contributed by atoms with E-state index in [1.54, 1.807) is 0 Å². The molecule has 2 nitrogen and oxygen atoms in total. The summed E-state index contributed by atoms with van der Waals surface area (Å²) in [6, 6.07) is 6.77. The molecule has 3 N–H and O–H groups in total. The molecule has 0 spiro atoms. The zero-order chi connectivity index (χ0) is 12.0. The molecule has 0 heterocycles. The number of hydrogen-bond acceptors (Lipinski definition) is 2. The van der Waals surface area contributed by atoms with E-state index in [0.717, 1.165) is 12.2 Å². The van der Waals surface area contributed by atoms with Gasteiger partial charge in [0.15, 0.2) is 0 Å². The standard InChI is InChI=1S/C14H24N2/c1-4-5-6-12(3)16-10-13-9-11(2)7-8-14(13)15/h7-9,12,16H,4-6,10,15H2,1-3H3. The molecule has 1 aromatic rings. The Balaban J connectivity index is 2.44. The smallest absolute Gasteiger partial charge is 0.0359 e. The van der Waals surface area contributed by atoms with E-state index in [2.05, 4.69) is 38.2 Å². The van der Waals surface area contributed by atoms with E-state index in [1.165, 1.54) is 30.4 Å². The van der Waals surface area contributed by atoms with E-state index in [4.69, 9.17) is 5.73 Å². The van der Waals surface area contributed by atoms with Crippen molar-refractivity contribution in [2.45, 2.75) is 52.6 Å². The number of rotatable bonds is 6. The normalized spacial score (nSPS) is 12.7. The van der Waals surface area contributed by atoms with Crippen molar-refractivity contribution in [3.8, 4) is 0 Å². The molecule has 16 heavy (non-hydrogen) atoms. The Morgan fingerprint density at radius 3 is 2.81 bits per heavy atom. The molecule has 0 radical (unpaired) electrons. The Hall–Kier alpha value is -1.02. The van der Waals surface area contributed by atoms with Crippen LogP contribution < -0.4 is 11.1 Å². The SMILES string of the molecule is CCCCC(C)NCc1cc(C)ccc1N. The molecule has 0 bridgehead atoms. The van der Waals surface area contributed by atoms with Crippen LogP contribution >= 0.6 is 0 Å². The molecule has 0 amide bonds. The molecule has 2 heteroatoms. The number of nitrogen functional groups attached to an aromatic ring is 1. The van der Waals surface area contributed by atoms with E-state index in [-0.39, 0.29) is 0 Å². The summed E-state index contributed by atoms with van der Waals surface area (Å²) >= 11 is 0. The van der Waals surface area contributed by atoms with Gasteiger partial charge in [0.2, 0.25) is 0 Å². The minimum atomic E-state index is 0.569. The summed E-state index contributed by atoms with van der Waals surface area (Å²) in [6.07, 6.45) is 3.79. The summed E-state index contributed by atoms with van der Waals surface area (Å²) in [7, 11) is 0. The molecule has 90 valence electrons. The van der Waals surface area contributed by atoms with Gasteiger partial charge in [-0.05, 0) is 31.9 Å². The first-order chi connectivity index (χ1) is 7.63. The molecule has 0 aliphatic carbocycles. The van der Waals surface area contributed by atoms with Crippen LogP contribution in [0.5, 0.6) is 0 Å². The van der Waals surface area contributed by atoms with Crippen LogP contribution in [0.25, 0.3) is 0 Å². The lowest BCUT2D eigenvalue weighted by Crippen LogP contribution is -2.25. The zero-order valence-electron chi connectivity index (χ0n) is 10.7. The number of hydrogen-bond donors (Lipinski definition) is 2. The average molecular weight is 220 g/mol. The van der Waals surface area contributed by atoms with Crippen LogP contribution in [0.4, 0.5) is 5.69 Å². The van der Waals surface area contributed by atoms with Crippen LogP contribution in [0.3, 0.4) is 0 Å². The summed E-state index contributed by atoms with van der Waals surface area (Å²) in [5.74, 6) is 0. The Kier molecular flexibility index (Phi) is 5.33. The molecule has 0 fully saturated rings. The van der Waals surface area contributed by atoms with Crippen molar-refractivity contribution < 1.29 is 0 Å². The lowest BCUT2D eigenvalue weighted by molar-refractivity contribution is 0.495. The largest absolute Gasteiger partial charge is 0.398 e. The molecule has 1 atom stereocenters. The fourth-order valence-corrected chi connectivity index (χ4v) is 1.78. The van der Waals surface area contributed by atoms with Gasteiger partial charge in [-0.15, -0.1) is 0 Å². The fraction of sp³-hybridized carbons (Fsp3) is 0.571. The van der Waals surface area contributed by atoms with Crippen LogP contribution in [-0.4, -0.2) is 6.04 Å². The van der Waals surface area contributed by atoms with Crippen LogP contribution in [0, 0.1) is 6.92 Å². The summed E-state index contributed by atoms with van der Waals surface area (Å²) in [6.45, 7) is 7.44. The first kappa shape index (κ1) is 13.0. The van der Waals surface area contributed by atoms with Crippen molar-refractivity contribution in [3.05, 3.63) is 29.3 Å². The van der Waals surface area contributed by atoms with E-state index < -0.39 is 0 Å². The number of anilines is 1. The van der Waals surface area contributed by atoms with E-state index in [0.29, 0.717) is 6.04 Å². The van der Waals surface area contributed by atoms with Crippen LogP contribution in [-0.2, 0) is 6.54 Å². The van der Waals surface area contributed by atoms with Gasteiger partial charge in [0.25, 0.3) is 0 Å². The van der Waals surface area contributed by atoms with Gasteiger partial charge in [0, 0.05) is 18.3 Å². The predicted octanol–water partition coefficient (Wildman–Crippen LogP) is 3.25. The van der Waals surface area contributed by atoms with Crippen LogP contribution in [0.2, 0.25) is 0 Å². The molecule has 0 saturated heterocycles. The van der Waals surface area contributed by atoms with Crippen molar-refractivity contribution in [1.82, 2.24) is 5.32 Å². The number of aryl methyl sites for hydroxylation is 1. The summed E-state index contributed by atoms with van der Waals surface area (Å²) in [5.41, 5.74) is 9.31. The third-order valence-electron chi connectivity index (χ3n) is 2.93. The third-order valence-corrected chi connectivity index (χ3v) is 2.93. The van der Waals surface area contributed by atoms with Crippen LogP contribution in [0.1, 0.15) is 44.2 Å². The van der Waals surface area contributed by atoms with Gasteiger partial charge >= 0.3 is 0 Å². The number of nitrogens with one attached hydrogen (secondary N) is 1. The topological polar surface area (TPSA) is 38.0 Å². The molecule has 0 saturated carbocycles. The fourth-order valence-electron chi connectivity index (χ4n) is 1.78.